The molecule has 0 aromatic heterocycles. The molecule has 120 valence electrons. The Morgan fingerprint density at radius 3 is 2.64 bits per heavy atom. The molecule has 5 heteroatoms. The normalized spacial score (nSPS) is 20.6. The minimum atomic E-state index is -0.562. The standard InChI is InChI=1S/C17H22O5/c1-11(6-5-7-12(2)9-18)8-16(22-14(4)19)15-10-21-17(20)13(15)3/h7-9,15-16H,3,5-6,10H2,1-2,4H3/b11-8+,12-7+/t15-,16-/m0/s1. The molecule has 1 fully saturated rings. The highest BCUT2D eigenvalue weighted by molar-refractivity contribution is 5.90. The summed E-state index contributed by atoms with van der Waals surface area (Å²) < 4.78 is 10.2. The van der Waals surface area contributed by atoms with Crippen LogP contribution in [-0.2, 0) is 23.9 Å². The molecule has 0 N–H and O–H groups in total. The fraction of sp³-hybridized carbons (Fsp3) is 0.471. The van der Waals surface area contributed by atoms with Crippen molar-refractivity contribution in [3.05, 3.63) is 35.5 Å². The van der Waals surface area contributed by atoms with Crippen LogP contribution in [0.2, 0.25) is 0 Å². The van der Waals surface area contributed by atoms with E-state index in [1.165, 1.54) is 6.92 Å². The first-order valence-corrected chi connectivity index (χ1v) is 7.17. The molecule has 0 saturated carbocycles. The van der Waals surface area contributed by atoms with Gasteiger partial charge in [-0.3, -0.25) is 9.59 Å². The average Bonchev–Trinajstić information content (AvgIpc) is 2.77. The monoisotopic (exact) mass is 306 g/mol. The zero-order valence-electron chi connectivity index (χ0n) is 13.3. The van der Waals surface area contributed by atoms with Crippen LogP contribution in [0.5, 0.6) is 0 Å². The number of hydrogen-bond donors (Lipinski definition) is 0. The second-order valence-electron chi connectivity index (χ2n) is 5.42. The van der Waals surface area contributed by atoms with E-state index in [4.69, 9.17) is 9.47 Å². The molecule has 5 nitrogen and oxygen atoms in total. The minimum absolute atomic E-state index is 0.170. The Hall–Kier alpha value is -2.17. The quantitative estimate of drug-likeness (QED) is 0.313. The van der Waals surface area contributed by atoms with Crippen molar-refractivity contribution in [1.82, 2.24) is 0 Å². The Kier molecular flexibility index (Phi) is 6.76. The fourth-order valence-electron chi connectivity index (χ4n) is 2.17. The Bertz CT molecular complexity index is 527. The van der Waals surface area contributed by atoms with Gasteiger partial charge < -0.3 is 9.47 Å². The molecular formula is C17H22O5. The number of carbonyl (C=O) groups is 3. The van der Waals surface area contributed by atoms with Gasteiger partial charge in [0.2, 0.25) is 0 Å². The first-order chi connectivity index (χ1) is 10.3. The van der Waals surface area contributed by atoms with E-state index in [0.29, 0.717) is 11.1 Å². The maximum Gasteiger partial charge on any atom is 0.333 e. The first kappa shape index (κ1) is 17.9. The van der Waals surface area contributed by atoms with Crippen molar-refractivity contribution < 1.29 is 23.9 Å². The predicted octanol–water partition coefficient (Wildman–Crippen LogP) is 2.52. The molecule has 0 aromatic carbocycles. The van der Waals surface area contributed by atoms with Crippen LogP contribution in [0.3, 0.4) is 0 Å². The molecule has 0 spiro atoms. The Morgan fingerprint density at radius 2 is 2.14 bits per heavy atom. The van der Waals surface area contributed by atoms with E-state index in [1.807, 2.05) is 19.1 Å². The molecule has 1 rings (SSSR count). The maximum absolute atomic E-state index is 11.4. The Labute approximate surface area is 130 Å². The van der Waals surface area contributed by atoms with Gasteiger partial charge in [0.15, 0.2) is 0 Å². The zero-order valence-corrected chi connectivity index (χ0v) is 13.3. The van der Waals surface area contributed by atoms with Gasteiger partial charge >= 0.3 is 11.9 Å². The number of allylic oxidation sites excluding steroid dienone is 3. The van der Waals surface area contributed by atoms with Gasteiger partial charge in [0.05, 0.1) is 5.92 Å². The summed E-state index contributed by atoms with van der Waals surface area (Å²) in [6, 6.07) is 0. The third kappa shape index (κ3) is 5.31. The number of ether oxygens (including phenoxy) is 2. The van der Waals surface area contributed by atoms with E-state index in [-0.39, 0.29) is 12.5 Å². The molecule has 0 aromatic rings. The van der Waals surface area contributed by atoms with Gasteiger partial charge in [0.25, 0.3) is 0 Å². The summed E-state index contributed by atoms with van der Waals surface area (Å²) >= 11 is 0. The van der Waals surface area contributed by atoms with Gasteiger partial charge in [-0.2, -0.15) is 0 Å². The maximum atomic E-state index is 11.4. The van der Waals surface area contributed by atoms with Crippen LogP contribution in [0.1, 0.15) is 33.6 Å². The molecule has 22 heavy (non-hydrogen) atoms. The lowest BCUT2D eigenvalue weighted by atomic mass is 9.94. The van der Waals surface area contributed by atoms with Crippen molar-refractivity contribution in [3.63, 3.8) is 0 Å². The number of esters is 2. The van der Waals surface area contributed by atoms with Crippen LogP contribution in [0.15, 0.2) is 35.5 Å². The fourth-order valence-corrected chi connectivity index (χ4v) is 2.17. The predicted molar refractivity (Wildman–Crippen MR) is 82.0 cm³/mol. The van der Waals surface area contributed by atoms with Crippen molar-refractivity contribution in [3.8, 4) is 0 Å². The summed E-state index contributed by atoms with van der Waals surface area (Å²) in [5.41, 5.74) is 2.02. The summed E-state index contributed by atoms with van der Waals surface area (Å²) in [5, 5.41) is 0. The third-order valence-corrected chi connectivity index (χ3v) is 3.44. The zero-order chi connectivity index (χ0) is 16.7. The highest BCUT2D eigenvalue weighted by Gasteiger charge is 2.36. The van der Waals surface area contributed by atoms with Crippen molar-refractivity contribution in [2.75, 3.05) is 6.61 Å². The van der Waals surface area contributed by atoms with Crippen molar-refractivity contribution in [1.29, 1.82) is 0 Å². The van der Waals surface area contributed by atoms with Gasteiger partial charge in [0, 0.05) is 12.5 Å². The minimum Gasteiger partial charge on any atom is -0.462 e. The molecule has 1 heterocycles. The third-order valence-electron chi connectivity index (χ3n) is 3.44. The number of rotatable bonds is 7. The molecule has 0 unspecified atom stereocenters. The van der Waals surface area contributed by atoms with E-state index in [2.05, 4.69) is 6.58 Å². The molecule has 0 amide bonds. The summed E-state index contributed by atoms with van der Waals surface area (Å²) in [6.45, 7) is 8.87. The van der Waals surface area contributed by atoms with Crippen LogP contribution in [0, 0.1) is 5.92 Å². The van der Waals surface area contributed by atoms with Gasteiger partial charge in [-0.05, 0) is 38.3 Å². The van der Waals surface area contributed by atoms with Gasteiger partial charge in [-0.1, -0.05) is 18.2 Å². The van der Waals surface area contributed by atoms with Gasteiger partial charge in [-0.25, -0.2) is 4.79 Å². The molecular weight excluding hydrogens is 284 g/mol. The summed E-state index contributed by atoms with van der Waals surface area (Å²) in [5.74, 6) is -1.21. The number of hydrogen-bond acceptors (Lipinski definition) is 5. The molecule has 1 aliphatic rings. The van der Waals surface area contributed by atoms with Crippen molar-refractivity contribution in [2.24, 2.45) is 5.92 Å². The first-order valence-electron chi connectivity index (χ1n) is 7.17. The van der Waals surface area contributed by atoms with E-state index in [9.17, 15) is 14.4 Å². The van der Waals surface area contributed by atoms with Crippen LogP contribution in [0.25, 0.3) is 0 Å². The van der Waals surface area contributed by atoms with Crippen LogP contribution in [-0.4, -0.2) is 30.9 Å². The highest BCUT2D eigenvalue weighted by Crippen LogP contribution is 2.27. The smallest absolute Gasteiger partial charge is 0.333 e. The van der Waals surface area contributed by atoms with E-state index < -0.39 is 18.0 Å². The number of carbonyl (C=O) groups excluding carboxylic acids is 3. The van der Waals surface area contributed by atoms with Crippen molar-refractivity contribution in [2.45, 2.75) is 39.7 Å². The van der Waals surface area contributed by atoms with E-state index in [0.717, 1.165) is 24.7 Å². The van der Waals surface area contributed by atoms with Gasteiger partial charge in [-0.15, -0.1) is 0 Å². The Balaban J connectivity index is 2.77. The number of aldehydes is 1. The van der Waals surface area contributed by atoms with Crippen LogP contribution >= 0.6 is 0 Å². The second kappa shape index (κ2) is 8.32. The van der Waals surface area contributed by atoms with E-state index >= 15 is 0 Å². The second-order valence-corrected chi connectivity index (χ2v) is 5.42. The molecule has 1 saturated heterocycles. The van der Waals surface area contributed by atoms with Crippen molar-refractivity contribution >= 4 is 18.2 Å². The molecule has 0 aliphatic carbocycles. The molecule has 0 radical (unpaired) electrons. The lowest BCUT2D eigenvalue weighted by Crippen LogP contribution is -2.26. The van der Waals surface area contributed by atoms with Gasteiger partial charge in [0.1, 0.15) is 19.0 Å². The Morgan fingerprint density at radius 1 is 1.45 bits per heavy atom. The SMILES string of the molecule is C=C1C(=O)OC[C@@H]1[C@H](/C=C(\C)CC/C=C(\C)C=O)OC(C)=O. The summed E-state index contributed by atoms with van der Waals surface area (Å²) in [6.07, 6.45) is 5.38. The number of cyclic esters (lactones) is 1. The van der Waals surface area contributed by atoms with Crippen LogP contribution in [0.4, 0.5) is 0 Å². The molecule has 1 aliphatic heterocycles. The average molecular weight is 306 g/mol. The lowest BCUT2D eigenvalue weighted by Gasteiger charge is -2.19. The van der Waals surface area contributed by atoms with Crippen LogP contribution < -0.4 is 0 Å². The summed E-state index contributed by atoms with van der Waals surface area (Å²) in [4.78, 5) is 33.2. The molecule has 0 bridgehead atoms. The highest BCUT2D eigenvalue weighted by atomic mass is 16.6. The summed E-state index contributed by atoms with van der Waals surface area (Å²) in [7, 11) is 0. The molecule has 2 atom stereocenters. The largest absolute Gasteiger partial charge is 0.462 e. The van der Waals surface area contributed by atoms with E-state index in [1.54, 1.807) is 6.92 Å². The topological polar surface area (TPSA) is 69.7 Å². The lowest BCUT2D eigenvalue weighted by molar-refractivity contribution is -0.145.